The van der Waals surface area contributed by atoms with Crippen LogP contribution in [0.2, 0.25) is 0 Å². The van der Waals surface area contributed by atoms with E-state index in [1.54, 1.807) is 12.1 Å². The molecule has 0 atom stereocenters. The van der Waals surface area contributed by atoms with Gasteiger partial charge in [0.2, 0.25) is 0 Å². The number of aryl methyl sites for hydroxylation is 1. The number of halogens is 2. The fraction of sp³-hybridized carbons (Fsp3) is 0.400. The van der Waals surface area contributed by atoms with Gasteiger partial charge in [0.15, 0.2) is 0 Å². The molecule has 1 aromatic rings. The van der Waals surface area contributed by atoms with Crippen LogP contribution in [0.4, 0.5) is 8.78 Å². The topological polar surface area (TPSA) is 29.5 Å². The normalized spacial score (nSPS) is 10.6. The number of alkyl halides is 2. The molecule has 0 amide bonds. The predicted octanol–water partition coefficient (Wildman–Crippen LogP) is 2.34. The van der Waals surface area contributed by atoms with Crippen molar-refractivity contribution in [1.82, 2.24) is 0 Å². The molecule has 78 valence electrons. The second-order valence-electron chi connectivity index (χ2n) is 2.88. The van der Waals surface area contributed by atoms with E-state index in [9.17, 15) is 8.78 Å². The Labute approximate surface area is 81.1 Å². The molecule has 1 N–H and O–H groups in total. The molecule has 0 radical (unpaired) electrons. The lowest BCUT2D eigenvalue weighted by Crippen LogP contribution is -2.03. The summed E-state index contributed by atoms with van der Waals surface area (Å²) >= 11 is 0. The molecule has 2 nitrogen and oxygen atoms in total. The molecule has 0 aliphatic rings. The van der Waals surface area contributed by atoms with Gasteiger partial charge in [0.05, 0.1) is 6.61 Å². The maximum Gasteiger partial charge on any atom is 0.387 e. The average Bonchev–Trinajstić information content (AvgIpc) is 2.16. The van der Waals surface area contributed by atoms with Crippen LogP contribution < -0.4 is 4.74 Å². The van der Waals surface area contributed by atoms with Gasteiger partial charge < -0.3 is 9.84 Å². The summed E-state index contributed by atoms with van der Waals surface area (Å²) in [4.78, 5) is 0. The van der Waals surface area contributed by atoms with E-state index in [4.69, 9.17) is 5.11 Å². The lowest BCUT2D eigenvalue weighted by molar-refractivity contribution is -0.0499. The Hall–Kier alpha value is -1.16. The maximum absolute atomic E-state index is 11.9. The van der Waals surface area contributed by atoms with E-state index in [1.807, 2.05) is 6.92 Å². The Kier molecular flexibility index (Phi) is 3.83. The highest BCUT2D eigenvalue weighted by Gasteiger charge is 2.06. The number of hydrogen-bond acceptors (Lipinski definition) is 2. The van der Waals surface area contributed by atoms with Crippen LogP contribution in [-0.2, 0) is 13.0 Å². The highest BCUT2D eigenvalue weighted by molar-refractivity contribution is 5.34. The third-order valence-electron chi connectivity index (χ3n) is 1.84. The molecule has 0 aromatic heterocycles. The van der Waals surface area contributed by atoms with Crippen LogP contribution in [0.15, 0.2) is 18.2 Å². The molecule has 0 fully saturated rings. The molecule has 0 aliphatic heterocycles. The van der Waals surface area contributed by atoms with Crippen molar-refractivity contribution >= 4 is 0 Å². The van der Waals surface area contributed by atoms with Crippen molar-refractivity contribution in [2.75, 3.05) is 0 Å². The fourth-order valence-corrected chi connectivity index (χ4v) is 1.19. The van der Waals surface area contributed by atoms with Crippen molar-refractivity contribution in [3.8, 4) is 5.75 Å². The molecule has 0 bridgehead atoms. The zero-order valence-corrected chi connectivity index (χ0v) is 7.84. The van der Waals surface area contributed by atoms with Crippen molar-refractivity contribution in [2.45, 2.75) is 26.6 Å². The van der Waals surface area contributed by atoms with Gasteiger partial charge in [-0.3, -0.25) is 0 Å². The van der Waals surface area contributed by atoms with E-state index < -0.39 is 6.61 Å². The Bertz CT molecular complexity index is 278. The van der Waals surface area contributed by atoms with Gasteiger partial charge in [0, 0.05) is 0 Å². The van der Waals surface area contributed by atoms with Crippen LogP contribution in [0.5, 0.6) is 5.75 Å². The summed E-state index contributed by atoms with van der Waals surface area (Å²) in [5.74, 6) is 0.100. The van der Waals surface area contributed by atoms with Gasteiger partial charge in [-0.2, -0.15) is 8.78 Å². The van der Waals surface area contributed by atoms with Gasteiger partial charge in [-0.25, -0.2) is 0 Å². The third kappa shape index (κ3) is 2.96. The summed E-state index contributed by atoms with van der Waals surface area (Å²) in [6.07, 6.45) is 0.716. The van der Waals surface area contributed by atoms with E-state index in [-0.39, 0.29) is 12.4 Å². The van der Waals surface area contributed by atoms with Crippen LogP contribution in [0.25, 0.3) is 0 Å². The number of aliphatic hydroxyl groups is 1. The van der Waals surface area contributed by atoms with Gasteiger partial charge in [-0.05, 0) is 29.7 Å². The molecule has 14 heavy (non-hydrogen) atoms. The number of rotatable bonds is 4. The Morgan fingerprint density at radius 3 is 2.43 bits per heavy atom. The molecule has 1 aromatic carbocycles. The fourth-order valence-electron chi connectivity index (χ4n) is 1.19. The lowest BCUT2D eigenvalue weighted by Gasteiger charge is -2.08. The smallest absolute Gasteiger partial charge is 0.387 e. The number of aliphatic hydroxyl groups excluding tert-OH is 1. The van der Waals surface area contributed by atoms with E-state index >= 15 is 0 Å². The highest BCUT2D eigenvalue weighted by Crippen LogP contribution is 2.19. The van der Waals surface area contributed by atoms with Gasteiger partial charge in [0.25, 0.3) is 0 Å². The molecule has 1 rings (SSSR count). The summed E-state index contributed by atoms with van der Waals surface area (Å²) in [6, 6.07) is 4.72. The minimum atomic E-state index is -2.83. The van der Waals surface area contributed by atoms with E-state index in [1.165, 1.54) is 6.07 Å². The Morgan fingerprint density at radius 1 is 1.29 bits per heavy atom. The first kappa shape index (κ1) is 10.9. The van der Waals surface area contributed by atoms with Crippen LogP contribution in [-0.4, -0.2) is 11.7 Å². The summed E-state index contributed by atoms with van der Waals surface area (Å²) in [6.45, 7) is -1.09. The second kappa shape index (κ2) is 4.91. The SMILES string of the molecule is CCc1cc(CO)cc(OC(F)F)c1. The van der Waals surface area contributed by atoms with Crippen LogP contribution in [0.3, 0.4) is 0 Å². The number of ether oxygens (including phenoxy) is 1. The molecule has 4 heteroatoms. The molecular weight excluding hydrogens is 190 g/mol. The van der Waals surface area contributed by atoms with E-state index in [0.29, 0.717) is 12.0 Å². The molecule has 0 spiro atoms. The summed E-state index contributed by atoms with van der Waals surface area (Å²) < 4.78 is 28.1. The average molecular weight is 202 g/mol. The number of benzene rings is 1. The Morgan fingerprint density at radius 2 is 1.93 bits per heavy atom. The van der Waals surface area contributed by atoms with Gasteiger partial charge >= 0.3 is 6.61 Å². The highest BCUT2D eigenvalue weighted by atomic mass is 19.3. The van der Waals surface area contributed by atoms with Crippen LogP contribution in [0.1, 0.15) is 18.1 Å². The monoisotopic (exact) mass is 202 g/mol. The van der Waals surface area contributed by atoms with E-state index in [2.05, 4.69) is 4.74 Å². The van der Waals surface area contributed by atoms with Gasteiger partial charge in [0.1, 0.15) is 5.75 Å². The standard InChI is InChI=1S/C10H12F2O2/c1-2-7-3-8(6-13)5-9(4-7)14-10(11)12/h3-5,10,13H,2,6H2,1H3. The van der Waals surface area contributed by atoms with Crippen molar-refractivity contribution in [1.29, 1.82) is 0 Å². The van der Waals surface area contributed by atoms with E-state index in [0.717, 1.165) is 5.56 Å². The summed E-state index contributed by atoms with van der Waals surface area (Å²) in [5.41, 5.74) is 1.45. The summed E-state index contributed by atoms with van der Waals surface area (Å²) in [7, 11) is 0. The first-order valence-corrected chi connectivity index (χ1v) is 4.34. The third-order valence-corrected chi connectivity index (χ3v) is 1.84. The number of hydrogen-bond donors (Lipinski definition) is 1. The van der Waals surface area contributed by atoms with Crippen molar-refractivity contribution in [2.24, 2.45) is 0 Å². The van der Waals surface area contributed by atoms with Crippen molar-refractivity contribution < 1.29 is 18.6 Å². The summed E-state index contributed by atoms with van der Waals surface area (Å²) in [5, 5.41) is 8.87. The van der Waals surface area contributed by atoms with Gasteiger partial charge in [-0.15, -0.1) is 0 Å². The minimum Gasteiger partial charge on any atom is -0.435 e. The molecule has 0 heterocycles. The quantitative estimate of drug-likeness (QED) is 0.812. The predicted molar refractivity (Wildman–Crippen MR) is 48.4 cm³/mol. The lowest BCUT2D eigenvalue weighted by atomic mass is 10.1. The first-order chi connectivity index (χ1) is 6.65. The second-order valence-corrected chi connectivity index (χ2v) is 2.88. The maximum atomic E-state index is 11.9. The Balaban J connectivity index is 2.92. The van der Waals surface area contributed by atoms with Crippen molar-refractivity contribution in [3.05, 3.63) is 29.3 Å². The largest absolute Gasteiger partial charge is 0.435 e. The molecule has 0 aliphatic carbocycles. The zero-order chi connectivity index (χ0) is 10.6. The van der Waals surface area contributed by atoms with Crippen LogP contribution in [0, 0.1) is 0 Å². The van der Waals surface area contributed by atoms with Gasteiger partial charge in [-0.1, -0.05) is 13.0 Å². The molecule has 0 saturated carbocycles. The molecule has 0 unspecified atom stereocenters. The first-order valence-electron chi connectivity index (χ1n) is 4.34. The molecule has 0 saturated heterocycles. The van der Waals surface area contributed by atoms with Crippen LogP contribution >= 0.6 is 0 Å². The van der Waals surface area contributed by atoms with Crippen molar-refractivity contribution in [3.63, 3.8) is 0 Å². The molecular formula is C10H12F2O2. The zero-order valence-electron chi connectivity index (χ0n) is 7.84. The minimum absolute atomic E-state index is 0.100.